The lowest BCUT2D eigenvalue weighted by Gasteiger charge is -2.07. The van der Waals surface area contributed by atoms with Gasteiger partial charge < -0.3 is 5.11 Å². The maximum Gasteiger partial charge on any atom is 0.420 e. The van der Waals surface area contributed by atoms with Crippen molar-refractivity contribution in [2.75, 3.05) is 0 Å². The molecule has 65 valence electrons. The van der Waals surface area contributed by atoms with Gasteiger partial charge in [-0.2, -0.15) is 13.2 Å². The molecule has 0 aromatic heterocycles. The Balaban J connectivity index is 3.23. The summed E-state index contributed by atoms with van der Waals surface area (Å²) in [5.41, 5.74) is -1.09. The van der Waals surface area contributed by atoms with Crippen LogP contribution in [0.4, 0.5) is 13.2 Å². The van der Waals surface area contributed by atoms with E-state index in [9.17, 15) is 13.2 Å². The van der Waals surface area contributed by atoms with Gasteiger partial charge in [0.25, 0.3) is 0 Å². The number of hydrogen-bond acceptors (Lipinski definition) is 1. The molecule has 1 radical (unpaired) electrons. The van der Waals surface area contributed by atoms with Crippen LogP contribution in [0.1, 0.15) is 5.56 Å². The van der Waals surface area contributed by atoms with Gasteiger partial charge in [-0.25, -0.2) is 0 Å². The molecule has 0 saturated heterocycles. The highest BCUT2D eigenvalue weighted by Crippen LogP contribution is 2.36. The van der Waals surface area contributed by atoms with Crippen molar-refractivity contribution in [1.29, 1.82) is 0 Å². The molecule has 0 amide bonds. The number of phenolic OH excluding ortho intramolecular Hbond substituents is 1. The topological polar surface area (TPSA) is 20.2 Å². The minimum Gasteiger partial charge on any atom is -0.507 e. The third kappa shape index (κ3) is 1.91. The predicted molar refractivity (Wildman–Crippen MR) is 39.6 cm³/mol. The maximum absolute atomic E-state index is 12.0. The lowest BCUT2D eigenvalue weighted by Crippen LogP contribution is -2.04. The molecule has 0 aliphatic heterocycles. The summed E-state index contributed by atoms with van der Waals surface area (Å²) in [6.07, 6.45) is -4.54. The molecule has 12 heavy (non-hydrogen) atoms. The first-order valence-corrected chi connectivity index (χ1v) is 3.68. The minimum atomic E-state index is -4.54. The van der Waals surface area contributed by atoms with Crippen LogP contribution in [0.15, 0.2) is 16.6 Å². The molecule has 1 N–H and O–H groups in total. The zero-order chi connectivity index (χ0) is 9.35. The van der Waals surface area contributed by atoms with Crippen LogP contribution >= 0.6 is 15.9 Å². The molecule has 1 aromatic rings. The first-order valence-electron chi connectivity index (χ1n) is 2.88. The van der Waals surface area contributed by atoms with Gasteiger partial charge in [0, 0.05) is 10.5 Å². The van der Waals surface area contributed by atoms with Crippen molar-refractivity contribution in [3.05, 3.63) is 28.2 Å². The summed E-state index contributed by atoms with van der Waals surface area (Å²) in [5, 5.41) is 8.77. The fourth-order valence-electron chi connectivity index (χ4n) is 0.679. The smallest absolute Gasteiger partial charge is 0.420 e. The monoisotopic (exact) mass is 239 g/mol. The molecule has 0 atom stereocenters. The molecule has 1 rings (SSSR count). The predicted octanol–water partition coefficient (Wildman–Crippen LogP) is 2.97. The van der Waals surface area contributed by atoms with Gasteiger partial charge in [-0.3, -0.25) is 0 Å². The highest BCUT2D eigenvalue weighted by Gasteiger charge is 2.33. The van der Waals surface area contributed by atoms with Crippen molar-refractivity contribution in [2.45, 2.75) is 6.18 Å². The van der Waals surface area contributed by atoms with Crippen LogP contribution in [0.25, 0.3) is 0 Å². The molecule has 1 aromatic carbocycles. The van der Waals surface area contributed by atoms with Crippen LogP contribution in [0.2, 0.25) is 0 Å². The standard InChI is InChI=1S/C7H3BrF3O/c8-4-1-2-6(12)5(3-4)7(9,10)11/h1,3,12H. The van der Waals surface area contributed by atoms with Crippen LogP contribution in [0.5, 0.6) is 5.75 Å². The minimum absolute atomic E-state index is 0.229. The zero-order valence-electron chi connectivity index (χ0n) is 5.61. The summed E-state index contributed by atoms with van der Waals surface area (Å²) >= 11 is 2.85. The lowest BCUT2D eigenvalue weighted by molar-refractivity contribution is -0.138. The number of alkyl halides is 3. The van der Waals surface area contributed by atoms with Crippen molar-refractivity contribution in [3.63, 3.8) is 0 Å². The summed E-state index contributed by atoms with van der Waals surface area (Å²) in [6, 6.07) is 4.07. The molecule has 1 nitrogen and oxygen atoms in total. The van der Waals surface area contributed by atoms with Gasteiger partial charge in [0.1, 0.15) is 5.75 Å². The van der Waals surface area contributed by atoms with E-state index in [-0.39, 0.29) is 4.47 Å². The highest BCUT2D eigenvalue weighted by molar-refractivity contribution is 9.10. The Morgan fingerprint density at radius 1 is 1.42 bits per heavy atom. The fraction of sp³-hybridized carbons (Fsp3) is 0.143. The molecule has 5 heteroatoms. The molecule has 0 bridgehead atoms. The Labute approximate surface area is 75.0 Å². The van der Waals surface area contributed by atoms with Gasteiger partial charge in [0.05, 0.1) is 5.56 Å². The van der Waals surface area contributed by atoms with Gasteiger partial charge in [0.15, 0.2) is 0 Å². The fourth-order valence-corrected chi connectivity index (χ4v) is 1.02. The first kappa shape index (κ1) is 9.38. The maximum atomic E-state index is 12.0. The molecule has 0 spiro atoms. The second-order valence-electron chi connectivity index (χ2n) is 2.08. The summed E-state index contributed by atoms with van der Waals surface area (Å²) in [4.78, 5) is 0. The number of aromatic hydroxyl groups is 1. The number of phenols is 1. The summed E-state index contributed by atoms with van der Waals surface area (Å²) < 4.78 is 36.3. The van der Waals surface area contributed by atoms with Crippen molar-refractivity contribution in [2.24, 2.45) is 0 Å². The molecule has 0 saturated carbocycles. The lowest BCUT2D eigenvalue weighted by atomic mass is 10.2. The Morgan fingerprint density at radius 2 is 2.00 bits per heavy atom. The quantitative estimate of drug-likeness (QED) is 0.738. The number of benzene rings is 1. The van der Waals surface area contributed by atoms with Crippen molar-refractivity contribution in [3.8, 4) is 5.75 Å². The van der Waals surface area contributed by atoms with Crippen LogP contribution in [0, 0.1) is 6.07 Å². The third-order valence-electron chi connectivity index (χ3n) is 1.19. The number of halogens is 4. The second-order valence-corrected chi connectivity index (χ2v) is 2.99. The van der Waals surface area contributed by atoms with Gasteiger partial charge in [-0.15, -0.1) is 0 Å². The Kier molecular flexibility index (Phi) is 2.32. The molecule has 0 heterocycles. The van der Waals surface area contributed by atoms with E-state index in [4.69, 9.17) is 5.11 Å². The molecule has 0 fully saturated rings. The van der Waals surface area contributed by atoms with E-state index in [0.29, 0.717) is 0 Å². The first-order chi connectivity index (χ1) is 5.41. The van der Waals surface area contributed by atoms with Crippen LogP contribution in [0.3, 0.4) is 0 Å². The van der Waals surface area contributed by atoms with E-state index in [1.807, 2.05) is 0 Å². The van der Waals surface area contributed by atoms with Crippen molar-refractivity contribution >= 4 is 15.9 Å². The van der Waals surface area contributed by atoms with Crippen LogP contribution < -0.4 is 0 Å². The Hall–Kier alpha value is -0.710. The second kappa shape index (κ2) is 2.97. The van der Waals surface area contributed by atoms with E-state index < -0.39 is 17.5 Å². The normalized spacial score (nSPS) is 11.7. The third-order valence-corrected chi connectivity index (χ3v) is 1.65. The average Bonchev–Trinajstić information content (AvgIpc) is 1.92. The summed E-state index contributed by atoms with van der Waals surface area (Å²) in [6.45, 7) is 0. The van der Waals surface area contributed by atoms with Gasteiger partial charge in [0.2, 0.25) is 0 Å². The summed E-state index contributed by atoms with van der Waals surface area (Å²) in [5.74, 6) is -0.884. The van der Waals surface area contributed by atoms with E-state index in [1.165, 1.54) is 6.07 Å². The van der Waals surface area contributed by atoms with Crippen LogP contribution in [-0.4, -0.2) is 5.11 Å². The number of hydrogen-bond donors (Lipinski definition) is 1. The van der Waals surface area contributed by atoms with Gasteiger partial charge in [-0.05, 0) is 12.1 Å². The van der Waals surface area contributed by atoms with Crippen molar-refractivity contribution < 1.29 is 18.3 Å². The molecule has 0 aliphatic rings. The van der Waals surface area contributed by atoms with E-state index in [0.717, 1.165) is 6.07 Å². The molecule has 0 aliphatic carbocycles. The Morgan fingerprint density at radius 3 is 2.42 bits per heavy atom. The Bertz CT molecular complexity index is 295. The molecular weight excluding hydrogens is 237 g/mol. The van der Waals surface area contributed by atoms with E-state index in [2.05, 4.69) is 22.0 Å². The largest absolute Gasteiger partial charge is 0.507 e. The molecule has 0 unspecified atom stereocenters. The zero-order valence-corrected chi connectivity index (χ0v) is 7.20. The van der Waals surface area contributed by atoms with E-state index >= 15 is 0 Å². The van der Waals surface area contributed by atoms with Gasteiger partial charge >= 0.3 is 6.18 Å². The average molecular weight is 240 g/mol. The molecular formula is C7H3BrF3O. The van der Waals surface area contributed by atoms with Gasteiger partial charge in [-0.1, -0.05) is 15.9 Å². The van der Waals surface area contributed by atoms with Crippen LogP contribution in [-0.2, 0) is 6.18 Å². The summed E-state index contributed by atoms with van der Waals surface area (Å²) in [7, 11) is 0. The SMILES string of the molecule is Oc1[c]cc(Br)cc1C(F)(F)F. The van der Waals surface area contributed by atoms with Crippen molar-refractivity contribution in [1.82, 2.24) is 0 Å². The van der Waals surface area contributed by atoms with E-state index in [1.54, 1.807) is 0 Å². The number of rotatable bonds is 0. The highest BCUT2D eigenvalue weighted by atomic mass is 79.9.